The lowest BCUT2D eigenvalue weighted by atomic mass is 10.1. The van der Waals surface area contributed by atoms with Crippen molar-refractivity contribution in [1.82, 2.24) is 4.98 Å². The van der Waals surface area contributed by atoms with Crippen molar-refractivity contribution in [1.29, 1.82) is 0 Å². The van der Waals surface area contributed by atoms with Crippen molar-refractivity contribution in [3.8, 4) is 5.88 Å². The molecule has 2 heterocycles. The highest BCUT2D eigenvalue weighted by Gasteiger charge is 2.33. The Bertz CT molecular complexity index is 375. The molecule has 15 heavy (non-hydrogen) atoms. The van der Waals surface area contributed by atoms with Gasteiger partial charge in [0.25, 0.3) is 0 Å². The monoisotopic (exact) mass is 217 g/mol. The first kappa shape index (κ1) is 10.3. The minimum atomic E-state index is -4.40. The Morgan fingerprint density at radius 1 is 1.40 bits per heavy atom. The second-order valence-electron chi connectivity index (χ2n) is 3.63. The standard InChI is InChI=1S/C10H10F3NO/c1-6-2-3-7-4-5-8(10(11,12)13)14-9(7)15-6/h4-6H,2-3H2,1H3. The van der Waals surface area contributed by atoms with Gasteiger partial charge in [0.05, 0.1) is 6.10 Å². The van der Waals surface area contributed by atoms with Crippen LogP contribution in [0, 0.1) is 0 Å². The normalized spacial score (nSPS) is 20.7. The summed E-state index contributed by atoms with van der Waals surface area (Å²) in [6.45, 7) is 1.82. The van der Waals surface area contributed by atoms with E-state index in [1.165, 1.54) is 6.07 Å². The van der Waals surface area contributed by atoms with Crippen LogP contribution in [-0.2, 0) is 12.6 Å². The molecule has 82 valence electrons. The molecule has 2 rings (SSSR count). The van der Waals surface area contributed by atoms with E-state index >= 15 is 0 Å². The Labute approximate surface area is 85.1 Å². The van der Waals surface area contributed by atoms with Crippen LogP contribution in [0.25, 0.3) is 0 Å². The zero-order valence-electron chi connectivity index (χ0n) is 8.14. The van der Waals surface area contributed by atoms with Gasteiger partial charge in [-0.25, -0.2) is 4.98 Å². The number of pyridine rings is 1. The van der Waals surface area contributed by atoms with Crippen molar-refractivity contribution in [3.63, 3.8) is 0 Å². The summed E-state index contributed by atoms with van der Waals surface area (Å²) in [4.78, 5) is 3.49. The third-order valence-electron chi connectivity index (χ3n) is 2.36. The fourth-order valence-corrected chi connectivity index (χ4v) is 1.53. The maximum absolute atomic E-state index is 12.3. The SMILES string of the molecule is CC1CCc2ccc(C(F)(F)F)nc2O1. The van der Waals surface area contributed by atoms with E-state index in [4.69, 9.17) is 4.74 Å². The summed E-state index contributed by atoms with van der Waals surface area (Å²) < 4.78 is 42.3. The summed E-state index contributed by atoms with van der Waals surface area (Å²) in [5.41, 5.74) is -0.142. The smallest absolute Gasteiger partial charge is 0.433 e. The number of rotatable bonds is 0. The van der Waals surface area contributed by atoms with Crippen LogP contribution in [0.2, 0.25) is 0 Å². The van der Waals surface area contributed by atoms with Crippen molar-refractivity contribution in [2.75, 3.05) is 0 Å². The molecule has 0 saturated heterocycles. The van der Waals surface area contributed by atoms with Crippen LogP contribution < -0.4 is 4.74 Å². The Kier molecular flexibility index (Phi) is 2.32. The summed E-state index contributed by atoms with van der Waals surface area (Å²) in [6, 6.07) is 2.44. The molecule has 0 radical (unpaired) electrons. The maximum Gasteiger partial charge on any atom is 0.433 e. The maximum atomic E-state index is 12.3. The number of aromatic nitrogens is 1. The lowest BCUT2D eigenvalue weighted by Gasteiger charge is -2.22. The fraction of sp³-hybridized carbons (Fsp3) is 0.500. The van der Waals surface area contributed by atoms with E-state index in [2.05, 4.69) is 4.98 Å². The first-order valence-electron chi connectivity index (χ1n) is 4.70. The minimum Gasteiger partial charge on any atom is -0.474 e. The Morgan fingerprint density at radius 2 is 2.13 bits per heavy atom. The van der Waals surface area contributed by atoms with Gasteiger partial charge in [0.2, 0.25) is 5.88 Å². The molecule has 1 aliphatic rings. The molecule has 5 heteroatoms. The summed E-state index contributed by atoms with van der Waals surface area (Å²) in [5, 5.41) is 0. The molecule has 1 aromatic heterocycles. The number of aryl methyl sites for hydroxylation is 1. The first-order valence-corrected chi connectivity index (χ1v) is 4.70. The van der Waals surface area contributed by atoms with E-state index in [1.54, 1.807) is 0 Å². The van der Waals surface area contributed by atoms with Crippen LogP contribution in [0.15, 0.2) is 12.1 Å². The molecule has 1 aromatic rings. The van der Waals surface area contributed by atoms with Crippen LogP contribution in [0.4, 0.5) is 13.2 Å². The van der Waals surface area contributed by atoms with Gasteiger partial charge in [-0.05, 0) is 25.8 Å². The highest BCUT2D eigenvalue weighted by atomic mass is 19.4. The third-order valence-corrected chi connectivity index (χ3v) is 2.36. The predicted molar refractivity (Wildman–Crippen MR) is 47.7 cm³/mol. The van der Waals surface area contributed by atoms with Crippen LogP contribution in [0.3, 0.4) is 0 Å². The van der Waals surface area contributed by atoms with Crippen molar-refractivity contribution < 1.29 is 17.9 Å². The fourth-order valence-electron chi connectivity index (χ4n) is 1.53. The van der Waals surface area contributed by atoms with Gasteiger partial charge >= 0.3 is 6.18 Å². The Morgan fingerprint density at radius 3 is 2.80 bits per heavy atom. The second kappa shape index (κ2) is 3.40. The van der Waals surface area contributed by atoms with E-state index in [-0.39, 0.29) is 12.0 Å². The molecule has 0 saturated carbocycles. The lowest BCUT2D eigenvalue weighted by molar-refractivity contribution is -0.141. The first-order chi connectivity index (χ1) is 6.97. The van der Waals surface area contributed by atoms with Gasteiger partial charge in [0.1, 0.15) is 5.69 Å². The topological polar surface area (TPSA) is 22.1 Å². The number of hydrogen-bond donors (Lipinski definition) is 0. The molecule has 0 N–H and O–H groups in total. The van der Waals surface area contributed by atoms with E-state index < -0.39 is 11.9 Å². The van der Waals surface area contributed by atoms with Crippen molar-refractivity contribution in [2.24, 2.45) is 0 Å². The molecule has 0 aromatic carbocycles. The van der Waals surface area contributed by atoms with Crippen molar-refractivity contribution in [2.45, 2.75) is 32.0 Å². The highest BCUT2D eigenvalue weighted by molar-refractivity contribution is 5.31. The molecular weight excluding hydrogens is 207 g/mol. The molecule has 0 bridgehead atoms. The molecule has 0 aliphatic carbocycles. The van der Waals surface area contributed by atoms with Gasteiger partial charge in [-0.15, -0.1) is 0 Å². The van der Waals surface area contributed by atoms with Gasteiger partial charge in [0.15, 0.2) is 0 Å². The minimum absolute atomic E-state index is 0.0616. The number of hydrogen-bond acceptors (Lipinski definition) is 2. The van der Waals surface area contributed by atoms with E-state index in [0.29, 0.717) is 0 Å². The second-order valence-corrected chi connectivity index (χ2v) is 3.63. The van der Waals surface area contributed by atoms with Gasteiger partial charge in [-0.2, -0.15) is 13.2 Å². The number of halogens is 3. The van der Waals surface area contributed by atoms with Crippen LogP contribution in [0.1, 0.15) is 24.6 Å². The van der Waals surface area contributed by atoms with Crippen LogP contribution >= 0.6 is 0 Å². The van der Waals surface area contributed by atoms with Crippen LogP contribution in [0.5, 0.6) is 5.88 Å². The van der Waals surface area contributed by atoms with Gasteiger partial charge < -0.3 is 4.74 Å². The van der Waals surface area contributed by atoms with E-state index in [0.717, 1.165) is 24.5 Å². The number of ether oxygens (including phenoxy) is 1. The third kappa shape index (κ3) is 2.06. The van der Waals surface area contributed by atoms with Gasteiger partial charge in [0, 0.05) is 5.56 Å². The van der Waals surface area contributed by atoms with Crippen LogP contribution in [-0.4, -0.2) is 11.1 Å². The zero-order valence-corrected chi connectivity index (χ0v) is 8.14. The van der Waals surface area contributed by atoms with E-state index in [9.17, 15) is 13.2 Å². The summed E-state index contributed by atoms with van der Waals surface area (Å²) in [6.07, 6.45) is -2.92. The molecule has 0 fully saturated rings. The average molecular weight is 217 g/mol. The Balaban J connectivity index is 2.37. The molecule has 1 atom stereocenters. The quantitative estimate of drug-likeness (QED) is 0.666. The molecule has 2 nitrogen and oxygen atoms in total. The molecule has 0 spiro atoms. The zero-order chi connectivity index (χ0) is 11.1. The number of fused-ring (bicyclic) bond motifs is 1. The largest absolute Gasteiger partial charge is 0.474 e. The number of nitrogens with zero attached hydrogens (tertiary/aromatic N) is 1. The summed E-state index contributed by atoms with van der Waals surface area (Å²) in [5.74, 6) is 0.128. The van der Waals surface area contributed by atoms with E-state index in [1.807, 2.05) is 6.92 Å². The van der Waals surface area contributed by atoms with Crippen molar-refractivity contribution in [3.05, 3.63) is 23.4 Å². The Hall–Kier alpha value is -1.26. The number of alkyl halides is 3. The summed E-state index contributed by atoms with van der Waals surface area (Å²) >= 11 is 0. The highest BCUT2D eigenvalue weighted by Crippen LogP contribution is 2.32. The molecule has 0 amide bonds. The molecule has 1 unspecified atom stereocenters. The van der Waals surface area contributed by atoms with Gasteiger partial charge in [-0.3, -0.25) is 0 Å². The molecular formula is C10H10F3NO. The lowest BCUT2D eigenvalue weighted by Crippen LogP contribution is -2.21. The van der Waals surface area contributed by atoms with Crippen molar-refractivity contribution >= 4 is 0 Å². The average Bonchev–Trinajstić information content (AvgIpc) is 2.15. The predicted octanol–water partition coefficient (Wildman–Crippen LogP) is 2.81. The summed E-state index contributed by atoms with van der Waals surface area (Å²) in [7, 11) is 0. The molecule has 1 aliphatic heterocycles. The van der Waals surface area contributed by atoms with Gasteiger partial charge in [-0.1, -0.05) is 6.07 Å².